The minimum Gasteiger partial charge on any atom is -0.458 e. The zero-order valence-corrected chi connectivity index (χ0v) is 7.78. The van der Waals surface area contributed by atoms with E-state index in [2.05, 4.69) is 9.97 Å². The molecule has 14 heavy (non-hydrogen) atoms. The van der Waals surface area contributed by atoms with Crippen molar-refractivity contribution < 1.29 is 9.53 Å². The molecular weight excluding hydrogens is 180 g/mol. The van der Waals surface area contributed by atoms with Gasteiger partial charge in [-0.2, -0.15) is 0 Å². The van der Waals surface area contributed by atoms with Gasteiger partial charge in [0.15, 0.2) is 0 Å². The summed E-state index contributed by atoms with van der Waals surface area (Å²) in [6.07, 6.45) is 0. The normalized spacial score (nSPS) is 10.4. The number of nitrogens with one attached hydrogen (secondary N) is 1. The summed E-state index contributed by atoms with van der Waals surface area (Å²) in [5.74, 6) is 0.367. The Morgan fingerprint density at radius 2 is 2.29 bits per heavy atom. The first kappa shape index (κ1) is 8.74. The van der Waals surface area contributed by atoms with Gasteiger partial charge in [0.1, 0.15) is 12.4 Å². The maximum atomic E-state index is 10.6. The molecule has 2 rings (SSSR count). The number of fused-ring (bicyclic) bond motifs is 1. The Morgan fingerprint density at radius 1 is 1.50 bits per heavy atom. The Bertz CT molecular complexity index is 429. The minimum absolute atomic E-state index is 0.198. The highest BCUT2D eigenvalue weighted by molar-refractivity contribution is 5.74. The Balaban J connectivity index is 2.22. The van der Waals surface area contributed by atoms with E-state index in [-0.39, 0.29) is 12.6 Å². The number of hydrogen-bond donors (Lipinski definition) is 1. The monoisotopic (exact) mass is 190 g/mol. The van der Waals surface area contributed by atoms with Gasteiger partial charge in [-0.3, -0.25) is 4.79 Å². The Hall–Kier alpha value is -1.84. The third-order valence-electron chi connectivity index (χ3n) is 1.85. The van der Waals surface area contributed by atoms with Gasteiger partial charge in [-0.15, -0.1) is 0 Å². The number of benzene rings is 1. The van der Waals surface area contributed by atoms with Crippen molar-refractivity contribution in [1.82, 2.24) is 9.97 Å². The van der Waals surface area contributed by atoms with Crippen LogP contribution in [0.2, 0.25) is 0 Å². The van der Waals surface area contributed by atoms with E-state index in [0.29, 0.717) is 5.82 Å². The molecule has 1 N–H and O–H groups in total. The van der Waals surface area contributed by atoms with Crippen LogP contribution < -0.4 is 0 Å². The summed E-state index contributed by atoms with van der Waals surface area (Å²) in [5.41, 5.74) is 1.84. The quantitative estimate of drug-likeness (QED) is 0.732. The number of aromatic nitrogens is 2. The highest BCUT2D eigenvalue weighted by Crippen LogP contribution is 2.10. The molecular formula is C10H10N2O2. The van der Waals surface area contributed by atoms with Gasteiger partial charge in [0, 0.05) is 6.92 Å². The van der Waals surface area contributed by atoms with Gasteiger partial charge in [-0.05, 0) is 12.1 Å². The van der Waals surface area contributed by atoms with Crippen molar-refractivity contribution in [2.24, 2.45) is 0 Å². The van der Waals surface area contributed by atoms with E-state index >= 15 is 0 Å². The number of rotatable bonds is 2. The lowest BCUT2D eigenvalue weighted by atomic mass is 10.3. The molecule has 0 radical (unpaired) electrons. The van der Waals surface area contributed by atoms with Crippen LogP contribution in [0.25, 0.3) is 11.0 Å². The van der Waals surface area contributed by atoms with E-state index in [4.69, 9.17) is 4.74 Å². The molecule has 0 atom stereocenters. The smallest absolute Gasteiger partial charge is 0.303 e. The van der Waals surface area contributed by atoms with Crippen LogP contribution >= 0.6 is 0 Å². The number of aromatic amines is 1. The second-order valence-electron chi connectivity index (χ2n) is 2.98. The van der Waals surface area contributed by atoms with Crippen molar-refractivity contribution in [2.75, 3.05) is 0 Å². The standard InChI is InChI=1S/C10H10N2O2/c1-7(13)14-6-10-11-8-4-2-3-5-9(8)12-10/h2-5H,6H2,1H3,(H,11,12). The van der Waals surface area contributed by atoms with Crippen molar-refractivity contribution in [3.63, 3.8) is 0 Å². The van der Waals surface area contributed by atoms with Crippen molar-refractivity contribution in [3.8, 4) is 0 Å². The second-order valence-corrected chi connectivity index (χ2v) is 2.98. The summed E-state index contributed by atoms with van der Waals surface area (Å²) in [6.45, 7) is 1.58. The molecule has 0 amide bonds. The summed E-state index contributed by atoms with van der Waals surface area (Å²) in [7, 11) is 0. The van der Waals surface area contributed by atoms with Gasteiger partial charge in [0.2, 0.25) is 0 Å². The van der Waals surface area contributed by atoms with Crippen molar-refractivity contribution in [2.45, 2.75) is 13.5 Å². The van der Waals surface area contributed by atoms with Crippen LogP contribution in [0.15, 0.2) is 24.3 Å². The molecule has 0 aliphatic heterocycles. The minimum atomic E-state index is -0.301. The fourth-order valence-electron chi connectivity index (χ4n) is 1.24. The number of carbonyl (C=O) groups is 1. The van der Waals surface area contributed by atoms with Crippen LogP contribution in [0, 0.1) is 0 Å². The van der Waals surface area contributed by atoms with E-state index in [1.807, 2.05) is 24.3 Å². The number of H-pyrrole nitrogens is 1. The maximum Gasteiger partial charge on any atom is 0.303 e. The summed E-state index contributed by atoms with van der Waals surface area (Å²) in [5, 5.41) is 0. The second kappa shape index (κ2) is 3.49. The van der Waals surface area contributed by atoms with Gasteiger partial charge >= 0.3 is 5.97 Å². The maximum absolute atomic E-state index is 10.6. The van der Waals surface area contributed by atoms with E-state index in [9.17, 15) is 4.79 Å². The van der Waals surface area contributed by atoms with Crippen LogP contribution in [-0.2, 0) is 16.1 Å². The zero-order valence-electron chi connectivity index (χ0n) is 7.78. The molecule has 0 spiro atoms. The van der Waals surface area contributed by atoms with Gasteiger partial charge in [-0.25, -0.2) is 4.98 Å². The molecule has 1 heterocycles. The van der Waals surface area contributed by atoms with E-state index in [1.54, 1.807) is 0 Å². The van der Waals surface area contributed by atoms with Gasteiger partial charge < -0.3 is 9.72 Å². The molecule has 0 saturated carbocycles. The number of ether oxygens (including phenoxy) is 1. The largest absolute Gasteiger partial charge is 0.458 e. The van der Waals surface area contributed by atoms with Crippen LogP contribution in [0.3, 0.4) is 0 Å². The zero-order chi connectivity index (χ0) is 9.97. The molecule has 4 heteroatoms. The van der Waals surface area contributed by atoms with Crippen molar-refractivity contribution >= 4 is 17.0 Å². The Labute approximate surface area is 80.9 Å². The van der Waals surface area contributed by atoms with Gasteiger partial charge in [0.25, 0.3) is 0 Å². The fraction of sp³-hybridized carbons (Fsp3) is 0.200. The third kappa shape index (κ3) is 1.74. The highest BCUT2D eigenvalue weighted by Gasteiger charge is 2.02. The lowest BCUT2D eigenvalue weighted by Crippen LogP contribution is -1.99. The summed E-state index contributed by atoms with van der Waals surface area (Å²) in [4.78, 5) is 17.9. The van der Waals surface area contributed by atoms with Crippen LogP contribution in [-0.4, -0.2) is 15.9 Å². The van der Waals surface area contributed by atoms with E-state index in [0.717, 1.165) is 11.0 Å². The number of esters is 1. The highest BCUT2D eigenvalue weighted by atomic mass is 16.5. The molecule has 0 unspecified atom stereocenters. The Morgan fingerprint density at radius 3 is 3.00 bits per heavy atom. The number of nitrogens with zero attached hydrogens (tertiary/aromatic N) is 1. The molecule has 0 fully saturated rings. The molecule has 2 aromatic rings. The third-order valence-corrected chi connectivity index (χ3v) is 1.85. The molecule has 72 valence electrons. The molecule has 1 aromatic heterocycles. The van der Waals surface area contributed by atoms with E-state index < -0.39 is 0 Å². The first-order chi connectivity index (χ1) is 6.75. The predicted molar refractivity (Wildman–Crippen MR) is 51.6 cm³/mol. The fourth-order valence-corrected chi connectivity index (χ4v) is 1.24. The van der Waals surface area contributed by atoms with Crippen molar-refractivity contribution in [3.05, 3.63) is 30.1 Å². The average Bonchev–Trinajstić information content (AvgIpc) is 2.57. The van der Waals surface area contributed by atoms with Crippen LogP contribution in [0.5, 0.6) is 0 Å². The summed E-state index contributed by atoms with van der Waals surface area (Å²) in [6, 6.07) is 7.68. The lowest BCUT2D eigenvalue weighted by Gasteiger charge is -1.95. The van der Waals surface area contributed by atoms with E-state index in [1.165, 1.54) is 6.92 Å². The molecule has 0 bridgehead atoms. The van der Waals surface area contributed by atoms with Crippen molar-refractivity contribution in [1.29, 1.82) is 0 Å². The van der Waals surface area contributed by atoms with Gasteiger partial charge in [-0.1, -0.05) is 12.1 Å². The van der Waals surface area contributed by atoms with Gasteiger partial charge in [0.05, 0.1) is 11.0 Å². The average molecular weight is 190 g/mol. The lowest BCUT2D eigenvalue weighted by molar-refractivity contribution is -0.142. The molecule has 0 aliphatic rings. The molecule has 1 aromatic carbocycles. The predicted octanol–water partition coefficient (Wildman–Crippen LogP) is 1.63. The first-order valence-corrected chi connectivity index (χ1v) is 4.33. The number of imidazole rings is 1. The molecule has 0 aliphatic carbocycles. The Kier molecular flexibility index (Phi) is 2.18. The van der Waals surface area contributed by atoms with Crippen LogP contribution in [0.4, 0.5) is 0 Å². The summed E-state index contributed by atoms with van der Waals surface area (Å²) >= 11 is 0. The number of para-hydroxylation sites is 2. The molecule has 4 nitrogen and oxygen atoms in total. The SMILES string of the molecule is CC(=O)OCc1nc2ccccc2[nH]1. The number of carbonyl (C=O) groups excluding carboxylic acids is 1. The van der Waals surface area contributed by atoms with Crippen LogP contribution in [0.1, 0.15) is 12.7 Å². The molecule has 0 saturated heterocycles. The topological polar surface area (TPSA) is 55.0 Å². The number of hydrogen-bond acceptors (Lipinski definition) is 3. The first-order valence-electron chi connectivity index (χ1n) is 4.33. The summed E-state index contributed by atoms with van der Waals surface area (Å²) < 4.78 is 4.82.